The van der Waals surface area contributed by atoms with Crippen LogP contribution in [0.15, 0.2) is 24.3 Å². The molecule has 67 heavy (non-hydrogen) atoms. The second kappa shape index (κ2) is 45.7. The Morgan fingerprint density at radius 3 is 1.46 bits per heavy atom. The minimum absolute atomic E-state index is 0.0348. The van der Waals surface area contributed by atoms with Crippen LogP contribution in [0.25, 0.3) is 0 Å². The first-order valence-electron chi connectivity index (χ1n) is 27.6. The van der Waals surface area contributed by atoms with Gasteiger partial charge in [-0.05, 0) is 38.5 Å². The Morgan fingerprint density at radius 1 is 0.567 bits per heavy atom. The van der Waals surface area contributed by atoms with E-state index in [1.54, 1.807) is 0 Å². The van der Waals surface area contributed by atoms with Crippen LogP contribution in [-0.2, 0) is 38.3 Å². The van der Waals surface area contributed by atoms with E-state index in [4.69, 9.17) is 18.9 Å². The van der Waals surface area contributed by atoms with Crippen molar-refractivity contribution in [2.45, 2.75) is 288 Å². The van der Waals surface area contributed by atoms with Gasteiger partial charge in [0, 0.05) is 13.0 Å². The predicted molar refractivity (Wildman–Crippen MR) is 271 cm³/mol. The Labute approximate surface area is 410 Å². The summed E-state index contributed by atoms with van der Waals surface area (Å²) in [6.45, 7) is 3.98. The van der Waals surface area contributed by atoms with Crippen LogP contribution in [0.3, 0.4) is 0 Å². The number of unbranched alkanes of at least 4 members (excludes halogenated alkanes) is 32. The number of hydrogen-bond acceptors (Lipinski definition) is 11. The van der Waals surface area contributed by atoms with E-state index in [0.29, 0.717) is 13.0 Å². The molecule has 0 aromatic carbocycles. The molecule has 13 heteroatoms. The molecule has 0 aromatic heterocycles. The number of rotatable bonds is 49. The first kappa shape index (κ1) is 63.6. The van der Waals surface area contributed by atoms with Crippen molar-refractivity contribution in [1.29, 1.82) is 0 Å². The molecule has 0 aliphatic carbocycles. The maximum absolute atomic E-state index is 12.9. The molecule has 4 N–H and O–H groups in total. The van der Waals surface area contributed by atoms with E-state index >= 15 is 0 Å². The van der Waals surface area contributed by atoms with Gasteiger partial charge in [0.1, 0.15) is 30.5 Å². The van der Waals surface area contributed by atoms with Crippen molar-refractivity contribution in [3.63, 3.8) is 0 Å². The summed E-state index contributed by atoms with van der Waals surface area (Å²) in [6, 6.07) is 0. The van der Waals surface area contributed by atoms with Gasteiger partial charge in [-0.25, -0.2) is 4.18 Å². The third-order valence-electron chi connectivity index (χ3n) is 12.8. The van der Waals surface area contributed by atoms with E-state index in [0.717, 1.165) is 64.2 Å². The number of carbonyl (C=O) groups excluding carboxylic acids is 1. The highest BCUT2D eigenvalue weighted by molar-refractivity contribution is 7.80. The molecule has 396 valence electrons. The minimum atomic E-state index is -5.06. The zero-order chi connectivity index (χ0) is 48.9. The van der Waals surface area contributed by atoms with Gasteiger partial charge in [-0.1, -0.05) is 231 Å². The Kier molecular flexibility index (Phi) is 43.4. The molecule has 1 saturated heterocycles. The highest BCUT2D eigenvalue weighted by Crippen LogP contribution is 2.26. The van der Waals surface area contributed by atoms with Crippen LogP contribution in [0.5, 0.6) is 0 Å². The SMILES string of the molecule is CCCC/C=C\C/C=C\CCCCCCCC(=O)OC(COCCCCCCCCCCCCCCCCCCCCCCCCCCCC)COC1OC(CO)C(O)C(OS(=O)(=O)O)C1O. The monoisotopic (exact) mass is 975 g/mol. The smallest absolute Gasteiger partial charge is 0.397 e. The molecule has 0 spiro atoms. The standard InChI is InChI=1S/C54H102O12S/c1-3-5-7-9-11-13-15-17-19-20-21-22-23-24-25-26-27-28-29-30-32-34-36-38-40-42-44-62-46-48(47-63-54-52(58)53(66-67(59,60)61)51(57)49(45-55)65-54)64-50(56)43-41-39-37-35-33-31-18-16-14-12-10-8-6-4-2/h10,12,16,18,48-49,51-55,57-58H,3-9,11,13-15,17,19-47H2,1-2H3,(H,59,60,61)/b12-10-,18-16-. The Morgan fingerprint density at radius 2 is 1.00 bits per heavy atom. The fourth-order valence-corrected chi connectivity index (χ4v) is 9.14. The number of ether oxygens (including phenoxy) is 4. The second-order valence-electron chi connectivity index (χ2n) is 19.2. The average Bonchev–Trinajstić information content (AvgIpc) is 3.30. The van der Waals surface area contributed by atoms with Crippen molar-refractivity contribution in [3.05, 3.63) is 24.3 Å². The molecule has 0 saturated carbocycles. The van der Waals surface area contributed by atoms with Crippen molar-refractivity contribution < 1.29 is 56.2 Å². The van der Waals surface area contributed by atoms with Gasteiger partial charge >= 0.3 is 16.4 Å². The third-order valence-corrected chi connectivity index (χ3v) is 13.3. The van der Waals surface area contributed by atoms with Gasteiger partial charge in [-0.15, -0.1) is 0 Å². The molecule has 0 aromatic rings. The van der Waals surface area contributed by atoms with Gasteiger partial charge in [-0.3, -0.25) is 9.35 Å². The molecule has 1 aliphatic rings. The lowest BCUT2D eigenvalue weighted by Crippen LogP contribution is -2.60. The highest BCUT2D eigenvalue weighted by atomic mass is 32.3. The summed E-state index contributed by atoms with van der Waals surface area (Å²) in [4.78, 5) is 12.9. The molecule has 12 nitrogen and oxygen atoms in total. The van der Waals surface area contributed by atoms with E-state index in [1.165, 1.54) is 161 Å². The van der Waals surface area contributed by atoms with Crippen molar-refractivity contribution in [2.75, 3.05) is 26.4 Å². The number of esters is 1. The van der Waals surface area contributed by atoms with Gasteiger partial charge in [-0.2, -0.15) is 8.42 Å². The fraction of sp³-hybridized carbons (Fsp3) is 0.907. The number of allylic oxidation sites excluding steroid dienone is 4. The molecule has 6 atom stereocenters. The molecule has 6 unspecified atom stereocenters. The first-order valence-corrected chi connectivity index (χ1v) is 29.0. The van der Waals surface area contributed by atoms with E-state index in [-0.39, 0.29) is 19.6 Å². The van der Waals surface area contributed by atoms with Crippen LogP contribution in [-0.4, -0.2) is 97.5 Å². The summed E-state index contributed by atoms with van der Waals surface area (Å²) in [7, 11) is -5.06. The molecule has 0 radical (unpaired) electrons. The molecule has 0 bridgehead atoms. The summed E-state index contributed by atoms with van der Waals surface area (Å²) in [6.07, 6.45) is 45.2. The topological polar surface area (TPSA) is 178 Å². The number of aliphatic hydroxyl groups excluding tert-OH is 3. The second-order valence-corrected chi connectivity index (χ2v) is 20.2. The van der Waals surface area contributed by atoms with Crippen molar-refractivity contribution in [2.24, 2.45) is 0 Å². The quantitative estimate of drug-likeness (QED) is 0.0197. The lowest BCUT2D eigenvalue weighted by molar-refractivity contribution is -0.301. The zero-order valence-electron chi connectivity index (χ0n) is 42.7. The van der Waals surface area contributed by atoms with Crippen molar-refractivity contribution in [3.8, 4) is 0 Å². The lowest BCUT2D eigenvalue weighted by atomic mass is 9.99. The van der Waals surface area contributed by atoms with Crippen LogP contribution in [0, 0.1) is 0 Å². The van der Waals surface area contributed by atoms with E-state index in [9.17, 15) is 33.1 Å². The largest absolute Gasteiger partial charge is 0.457 e. The van der Waals surface area contributed by atoms with Crippen LogP contribution in [0.2, 0.25) is 0 Å². The average molecular weight is 975 g/mol. The third kappa shape index (κ3) is 39.0. The summed E-state index contributed by atoms with van der Waals surface area (Å²) in [5.74, 6) is -0.409. The summed E-state index contributed by atoms with van der Waals surface area (Å²) in [5, 5.41) is 30.8. The van der Waals surface area contributed by atoms with Gasteiger partial charge in [0.2, 0.25) is 0 Å². The van der Waals surface area contributed by atoms with E-state index in [2.05, 4.69) is 42.3 Å². The Bertz CT molecular complexity index is 1260. The van der Waals surface area contributed by atoms with Crippen LogP contribution in [0.4, 0.5) is 0 Å². The first-order chi connectivity index (χ1) is 32.6. The number of aliphatic hydroxyl groups is 3. The molecular formula is C54H102O12S. The Balaban J connectivity index is 2.26. The zero-order valence-corrected chi connectivity index (χ0v) is 43.5. The van der Waals surface area contributed by atoms with Crippen LogP contribution < -0.4 is 0 Å². The Hall–Kier alpha value is -1.42. The number of hydrogen-bond donors (Lipinski definition) is 4. The van der Waals surface area contributed by atoms with Gasteiger partial charge in [0.25, 0.3) is 0 Å². The highest BCUT2D eigenvalue weighted by Gasteiger charge is 2.48. The van der Waals surface area contributed by atoms with Gasteiger partial charge in [0.05, 0.1) is 19.8 Å². The normalized spacial score (nSPS) is 19.5. The predicted octanol–water partition coefficient (Wildman–Crippen LogP) is 13.1. The van der Waals surface area contributed by atoms with Crippen molar-refractivity contribution >= 4 is 16.4 Å². The van der Waals surface area contributed by atoms with Crippen LogP contribution >= 0.6 is 0 Å². The molecule has 1 rings (SSSR count). The summed E-state index contributed by atoms with van der Waals surface area (Å²) >= 11 is 0. The summed E-state index contributed by atoms with van der Waals surface area (Å²) < 4.78 is 59.3. The molecule has 0 amide bonds. The molecule has 1 fully saturated rings. The van der Waals surface area contributed by atoms with E-state index < -0.39 is 59.8 Å². The van der Waals surface area contributed by atoms with Crippen molar-refractivity contribution in [1.82, 2.24) is 0 Å². The lowest BCUT2D eigenvalue weighted by Gasteiger charge is -2.41. The molecule has 1 aliphatic heterocycles. The fourth-order valence-electron chi connectivity index (χ4n) is 8.63. The minimum Gasteiger partial charge on any atom is -0.457 e. The number of carbonyl (C=O) groups is 1. The summed E-state index contributed by atoms with van der Waals surface area (Å²) in [5.41, 5.74) is 0. The maximum Gasteiger partial charge on any atom is 0.397 e. The van der Waals surface area contributed by atoms with Crippen LogP contribution in [0.1, 0.15) is 251 Å². The van der Waals surface area contributed by atoms with E-state index in [1.807, 2.05) is 0 Å². The van der Waals surface area contributed by atoms with Gasteiger partial charge < -0.3 is 34.3 Å². The molecular weight excluding hydrogens is 873 g/mol. The molecule has 1 heterocycles. The van der Waals surface area contributed by atoms with Gasteiger partial charge in [0.15, 0.2) is 6.29 Å². The maximum atomic E-state index is 12.9.